The van der Waals surface area contributed by atoms with Crippen LogP contribution >= 0.6 is 0 Å². The average molecular weight is 210 g/mol. The summed E-state index contributed by atoms with van der Waals surface area (Å²) in [7, 11) is 0. The second kappa shape index (κ2) is 5.31. The van der Waals surface area contributed by atoms with E-state index in [-0.39, 0.29) is 0 Å². The molecule has 0 heterocycles. The molecule has 2 fully saturated rings. The predicted octanol–water partition coefficient (Wildman–Crippen LogP) is 2.38. The van der Waals surface area contributed by atoms with Gasteiger partial charge in [-0.05, 0) is 38.1 Å². The highest BCUT2D eigenvalue weighted by molar-refractivity contribution is 4.87. The van der Waals surface area contributed by atoms with Crippen molar-refractivity contribution in [1.82, 2.24) is 4.90 Å². The fourth-order valence-corrected chi connectivity index (χ4v) is 2.92. The minimum Gasteiger partial charge on any atom is -0.327 e. The van der Waals surface area contributed by atoms with Gasteiger partial charge >= 0.3 is 0 Å². The minimum atomic E-state index is 0.472. The molecule has 0 aliphatic heterocycles. The summed E-state index contributed by atoms with van der Waals surface area (Å²) in [4.78, 5) is 2.66. The summed E-state index contributed by atoms with van der Waals surface area (Å²) in [6, 6.07) is 1.38. The van der Waals surface area contributed by atoms with E-state index in [0.717, 1.165) is 12.0 Å². The van der Waals surface area contributed by atoms with Crippen molar-refractivity contribution in [3.8, 4) is 0 Å². The van der Waals surface area contributed by atoms with E-state index in [9.17, 15) is 0 Å². The number of nitrogens with zero attached hydrogens (tertiary/aromatic N) is 1. The van der Waals surface area contributed by atoms with Gasteiger partial charge in [0.25, 0.3) is 0 Å². The fourth-order valence-electron chi connectivity index (χ4n) is 2.92. The molecule has 2 heteroatoms. The van der Waals surface area contributed by atoms with E-state index in [1.165, 1.54) is 58.0 Å². The molecule has 0 spiro atoms. The number of nitrogens with two attached hydrogens (primary N) is 1. The highest BCUT2D eigenvalue weighted by atomic mass is 15.2. The van der Waals surface area contributed by atoms with E-state index in [0.29, 0.717) is 6.04 Å². The van der Waals surface area contributed by atoms with Gasteiger partial charge in [0.05, 0.1) is 0 Å². The summed E-state index contributed by atoms with van der Waals surface area (Å²) in [6.07, 6.45) is 9.64. The van der Waals surface area contributed by atoms with Crippen LogP contribution in [0.5, 0.6) is 0 Å². The third-order valence-electron chi connectivity index (χ3n) is 4.16. The van der Waals surface area contributed by atoms with Crippen LogP contribution < -0.4 is 5.73 Å². The van der Waals surface area contributed by atoms with Crippen LogP contribution in [0.2, 0.25) is 0 Å². The predicted molar refractivity (Wildman–Crippen MR) is 64.8 cm³/mol. The van der Waals surface area contributed by atoms with Gasteiger partial charge in [-0.2, -0.15) is 0 Å². The van der Waals surface area contributed by atoms with Crippen molar-refractivity contribution >= 4 is 0 Å². The van der Waals surface area contributed by atoms with Gasteiger partial charge in [0, 0.05) is 18.6 Å². The molecule has 0 aromatic heterocycles. The summed E-state index contributed by atoms with van der Waals surface area (Å²) in [5.41, 5.74) is 6.28. The molecule has 2 saturated carbocycles. The third-order valence-corrected chi connectivity index (χ3v) is 4.16. The highest BCUT2D eigenvalue weighted by Gasteiger charge is 2.31. The monoisotopic (exact) mass is 210 g/mol. The maximum Gasteiger partial charge on any atom is 0.00964 e. The number of rotatable bonds is 4. The largest absolute Gasteiger partial charge is 0.327 e. The summed E-state index contributed by atoms with van der Waals surface area (Å²) in [5.74, 6) is 0.771. The zero-order valence-electron chi connectivity index (χ0n) is 10.1. The van der Waals surface area contributed by atoms with Crippen LogP contribution in [0.4, 0.5) is 0 Å². The van der Waals surface area contributed by atoms with Gasteiger partial charge in [0.1, 0.15) is 0 Å². The first-order valence-electron chi connectivity index (χ1n) is 6.81. The lowest BCUT2D eigenvalue weighted by Gasteiger charge is -2.29. The zero-order chi connectivity index (χ0) is 10.7. The molecule has 0 amide bonds. The minimum absolute atomic E-state index is 0.472. The van der Waals surface area contributed by atoms with Crippen LogP contribution in [0, 0.1) is 5.92 Å². The Bertz CT molecular complexity index is 189. The Morgan fingerprint density at radius 1 is 1.07 bits per heavy atom. The van der Waals surface area contributed by atoms with Gasteiger partial charge < -0.3 is 10.6 Å². The topological polar surface area (TPSA) is 29.3 Å². The molecule has 15 heavy (non-hydrogen) atoms. The van der Waals surface area contributed by atoms with Crippen LogP contribution in [0.15, 0.2) is 0 Å². The van der Waals surface area contributed by atoms with Crippen molar-refractivity contribution in [2.75, 3.05) is 13.1 Å². The molecule has 0 aromatic carbocycles. The molecule has 2 unspecified atom stereocenters. The van der Waals surface area contributed by atoms with Gasteiger partial charge in [0.2, 0.25) is 0 Å². The molecule has 2 aliphatic rings. The normalized spacial score (nSPS) is 33.0. The molecule has 2 N–H and O–H groups in total. The molecule has 2 rings (SSSR count). The van der Waals surface area contributed by atoms with Crippen molar-refractivity contribution in [3.63, 3.8) is 0 Å². The van der Waals surface area contributed by atoms with E-state index in [1.807, 2.05) is 0 Å². The summed E-state index contributed by atoms with van der Waals surface area (Å²) in [6.45, 7) is 4.77. The van der Waals surface area contributed by atoms with Crippen molar-refractivity contribution in [2.24, 2.45) is 11.7 Å². The Hall–Kier alpha value is -0.0800. The van der Waals surface area contributed by atoms with Crippen LogP contribution in [-0.2, 0) is 0 Å². The Morgan fingerprint density at radius 3 is 2.47 bits per heavy atom. The summed E-state index contributed by atoms with van der Waals surface area (Å²) >= 11 is 0. The van der Waals surface area contributed by atoms with E-state index >= 15 is 0 Å². The molecule has 0 bridgehead atoms. The quantitative estimate of drug-likeness (QED) is 0.722. The van der Waals surface area contributed by atoms with Crippen molar-refractivity contribution < 1.29 is 0 Å². The molecule has 88 valence electrons. The Balaban J connectivity index is 1.84. The highest BCUT2D eigenvalue weighted by Crippen LogP contribution is 2.30. The third kappa shape index (κ3) is 3.18. The first-order chi connectivity index (χ1) is 7.31. The van der Waals surface area contributed by atoms with Gasteiger partial charge in [-0.15, -0.1) is 0 Å². The molecule has 0 aromatic rings. The van der Waals surface area contributed by atoms with Crippen LogP contribution in [-0.4, -0.2) is 30.1 Å². The summed E-state index contributed by atoms with van der Waals surface area (Å²) in [5, 5.41) is 0. The van der Waals surface area contributed by atoms with Crippen molar-refractivity contribution in [1.29, 1.82) is 0 Å². The van der Waals surface area contributed by atoms with E-state index < -0.39 is 0 Å². The molecule has 2 nitrogen and oxygen atoms in total. The maximum atomic E-state index is 6.28. The van der Waals surface area contributed by atoms with Gasteiger partial charge in [-0.3, -0.25) is 0 Å². The second-order valence-corrected chi connectivity index (χ2v) is 5.38. The standard InChI is InChI=1S/C13H26N2/c1-2-15(12-8-9-12)10-11-6-4-3-5-7-13(11)14/h11-13H,2-10,14H2,1H3. The maximum absolute atomic E-state index is 6.28. The SMILES string of the molecule is CCN(CC1CCCCCC1N)C1CC1. The van der Waals surface area contributed by atoms with Crippen LogP contribution in [0.1, 0.15) is 51.9 Å². The number of hydrogen-bond acceptors (Lipinski definition) is 2. The van der Waals surface area contributed by atoms with Crippen molar-refractivity contribution in [3.05, 3.63) is 0 Å². The van der Waals surface area contributed by atoms with Gasteiger partial charge in [-0.1, -0.05) is 26.2 Å². The first-order valence-corrected chi connectivity index (χ1v) is 6.81. The lowest BCUT2D eigenvalue weighted by Crippen LogP contribution is -2.39. The van der Waals surface area contributed by atoms with Crippen LogP contribution in [0.3, 0.4) is 0 Å². The Labute approximate surface area is 94.2 Å². The smallest absolute Gasteiger partial charge is 0.00964 e. The second-order valence-electron chi connectivity index (χ2n) is 5.38. The van der Waals surface area contributed by atoms with Crippen LogP contribution in [0.25, 0.3) is 0 Å². The molecular formula is C13H26N2. The lowest BCUT2D eigenvalue weighted by molar-refractivity contribution is 0.207. The van der Waals surface area contributed by atoms with E-state index in [1.54, 1.807) is 0 Å². The molecule has 0 saturated heterocycles. The zero-order valence-corrected chi connectivity index (χ0v) is 10.1. The number of hydrogen-bond donors (Lipinski definition) is 1. The first kappa shape index (κ1) is 11.4. The van der Waals surface area contributed by atoms with Gasteiger partial charge in [-0.25, -0.2) is 0 Å². The van der Waals surface area contributed by atoms with E-state index in [4.69, 9.17) is 5.73 Å². The summed E-state index contributed by atoms with van der Waals surface area (Å²) < 4.78 is 0. The Kier molecular flexibility index (Phi) is 4.04. The Morgan fingerprint density at radius 2 is 1.80 bits per heavy atom. The fraction of sp³-hybridized carbons (Fsp3) is 1.00. The van der Waals surface area contributed by atoms with Crippen molar-refractivity contribution in [2.45, 2.75) is 64.0 Å². The van der Waals surface area contributed by atoms with Gasteiger partial charge in [0.15, 0.2) is 0 Å². The van der Waals surface area contributed by atoms with E-state index in [2.05, 4.69) is 11.8 Å². The molecule has 2 atom stereocenters. The molecular weight excluding hydrogens is 184 g/mol. The average Bonchev–Trinajstić information content (AvgIpc) is 3.04. The molecule has 0 radical (unpaired) electrons. The lowest BCUT2D eigenvalue weighted by atomic mass is 9.95. The molecule has 2 aliphatic carbocycles.